The van der Waals surface area contributed by atoms with Gasteiger partial charge in [0, 0.05) is 30.3 Å². The van der Waals surface area contributed by atoms with Crippen molar-refractivity contribution in [2.75, 3.05) is 18.1 Å². The van der Waals surface area contributed by atoms with Gasteiger partial charge in [-0.2, -0.15) is 0 Å². The monoisotopic (exact) mass is 737 g/mol. The molecule has 4 rings (SSSR count). The third-order valence-electron chi connectivity index (χ3n) is 9.19. The molecule has 0 saturated carbocycles. The molecule has 11 nitrogen and oxygen atoms in total. The smallest absolute Gasteiger partial charge is 0.336 e. The van der Waals surface area contributed by atoms with E-state index < -0.39 is 52.6 Å². The fourth-order valence-corrected chi connectivity index (χ4v) is 7.77. The number of carbonyl (C=O) groups is 3. The van der Waals surface area contributed by atoms with E-state index >= 15 is 0 Å². The van der Waals surface area contributed by atoms with Crippen LogP contribution in [0.25, 0.3) is 0 Å². The number of aliphatic hydroxyl groups is 1. The Kier molecular flexibility index (Phi) is 15.9. The van der Waals surface area contributed by atoms with E-state index in [-0.39, 0.29) is 11.3 Å². The molecule has 2 aliphatic rings. The standard InChI is InChI=1S/C31H41F2NO3S.C6H8O7/c1-24-12-9-17-30-29(24)19-20-34(30)25-13-10-15-27(22-25)38(35,36)28-16-11-14-26(23-28)37-21-8-6-4-2-3-5-7-18-31(32)33;7-3(8)1-6(13,5(11)12)2-4(9)10/h10-11,13-17,22-24,29,31H,2-9,12,18-21H2,1H3;13H,1-2H2,(H,7,8)(H,9,10)(H,11,12). The van der Waals surface area contributed by atoms with E-state index in [1.807, 2.05) is 12.1 Å². The third kappa shape index (κ3) is 12.6. The van der Waals surface area contributed by atoms with Crippen LogP contribution in [0.2, 0.25) is 0 Å². The fourth-order valence-electron chi connectivity index (χ4n) is 6.43. The number of nitrogens with zero attached hydrogens (tertiary/aromatic N) is 1. The number of alkyl halides is 2. The van der Waals surface area contributed by atoms with Crippen molar-refractivity contribution in [2.45, 2.75) is 112 Å². The Bertz CT molecular complexity index is 1600. The molecule has 1 heterocycles. The van der Waals surface area contributed by atoms with Crippen molar-refractivity contribution in [2.24, 2.45) is 11.8 Å². The summed E-state index contributed by atoms with van der Waals surface area (Å²) >= 11 is 0. The molecule has 1 aliphatic carbocycles. The highest BCUT2D eigenvalue weighted by Gasteiger charge is 2.41. The van der Waals surface area contributed by atoms with Crippen LogP contribution in [-0.4, -0.2) is 71.9 Å². The molecule has 51 heavy (non-hydrogen) atoms. The molecule has 0 aromatic heterocycles. The number of halogens is 2. The van der Waals surface area contributed by atoms with Crippen LogP contribution in [0, 0.1) is 11.8 Å². The number of carboxylic acid groups (broad SMARTS) is 3. The van der Waals surface area contributed by atoms with E-state index in [9.17, 15) is 31.6 Å². The summed E-state index contributed by atoms with van der Waals surface area (Å²) in [7, 11) is -3.68. The Morgan fingerprint density at radius 1 is 0.882 bits per heavy atom. The Morgan fingerprint density at radius 3 is 2.08 bits per heavy atom. The van der Waals surface area contributed by atoms with Gasteiger partial charge in [0.05, 0.1) is 29.2 Å². The molecule has 0 spiro atoms. The largest absolute Gasteiger partial charge is 0.494 e. The van der Waals surface area contributed by atoms with E-state index in [4.69, 9.17) is 25.2 Å². The van der Waals surface area contributed by atoms with Crippen molar-refractivity contribution in [1.82, 2.24) is 0 Å². The number of fused-ring (bicyclic) bond motifs is 1. The molecule has 4 N–H and O–H groups in total. The quantitative estimate of drug-likeness (QED) is 0.107. The number of sulfone groups is 1. The number of carboxylic acids is 3. The van der Waals surface area contributed by atoms with Gasteiger partial charge in [0.2, 0.25) is 16.3 Å². The van der Waals surface area contributed by atoms with E-state index in [2.05, 4.69) is 17.9 Å². The molecule has 0 radical (unpaired) electrons. The lowest BCUT2D eigenvalue weighted by atomic mass is 9.83. The van der Waals surface area contributed by atoms with E-state index in [0.29, 0.717) is 35.5 Å². The van der Waals surface area contributed by atoms with Gasteiger partial charge in [0.15, 0.2) is 5.60 Å². The Morgan fingerprint density at radius 2 is 1.47 bits per heavy atom. The summed E-state index contributed by atoms with van der Waals surface area (Å²) in [5.74, 6) is -3.23. The minimum Gasteiger partial charge on any atom is -0.494 e. The Labute approximate surface area is 297 Å². The summed E-state index contributed by atoms with van der Waals surface area (Å²) in [5.41, 5.74) is -0.451. The zero-order valence-corrected chi connectivity index (χ0v) is 29.7. The molecule has 0 amide bonds. The summed E-state index contributed by atoms with van der Waals surface area (Å²) in [6.45, 7) is 3.76. The lowest BCUT2D eigenvalue weighted by Gasteiger charge is -2.29. The van der Waals surface area contributed by atoms with Gasteiger partial charge < -0.3 is 30.1 Å². The van der Waals surface area contributed by atoms with Crippen molar-refractivity contribution >= 4 is 33.4 Å². The molecule has 2 atom stereocenters. The molecule has 1 aliphatic heterocycles. The van der Waals surface area contributed by atoms with Gasteiger partial charge in [-0.25, -0.2) is 22.0 Å². The average Bonchev–Trinajstić information content (AvgIpc) is 3.51. The molecule has 1 saturated heterocycles. The second-order valence-electron chi connectivity index (χ2n) is 13.2. The molecule has 2 unspecified atom stereocenters. The highest BCUT2D eigenvalue weighted by atomic mass is 32.2. The first-order valence-corrected chi connectivity index (χ1v) is 18.9. The number of rotatable bonds is 19. The summed E-state index contributed by atoms with van der Waals surface area (Å²) in [6.07, 6.45) is 7.71. The van der Waals surface area contributed by atoms with Crippen LogP contribution in [0.5, 0.6) is 5.75 Å². The molecule has 1 fully saturated rings. The highest BCUT2D eigenvalue weighted by Crippen LogP contribution is 2.42. The lowest BCUT2D eigenvalue weighted by molar-refractivity contribution is -0.170. The first-order valence-electron chi connectivity index (χ1n) is 17.4. The zero-order valence-electron chi connectivity index (χ0n) is 28.9. The summed E-state index contributed by atoms with van der Waals surface area (Å²) in [4.78, 5) is 33.3. The maximum Gasteiger partial charge on any atom is 0.336 e. The third-order valence-corrected chi connectivity index (χ3v) is 10.9. The van der Waals surface area contributed by atoms with Crippen molar-refractivity contribution in [3.05, 3.63) is 60.3 Å². The van der Waals surface area contributed by atoms with E-state index in [0.717, 1.165) is 63.6 Å². The second-order valence-corrected chi connectivity index (χ2v) is 15.1. The fraction of sp³-hybridized carbons (Fsp3) is 0.541. The maximum atomic E-state index is 13.5. The average molecular weight is 738 g/mol. The van der Waals surface area contributed by atoms with Crippen molar-refractivity contribution < 1.29 is 56.7 Å². The molecule has 2 aromatic rings. The highest BCUT2D eigenvalue weighted by molar-refractivity contribution is 7.91. The van der Waals surface area contributed by atoms with Crippen LogP contribution in [0.3, 0.4) is 0 Å². The molecule has 0 bridgehead atoms. The van der Waals surface area contributed by atoms with Crippen LogP contribution >= 0.6 is 0 Å². The van der Waals surface area contributed by atoms with Gasteiger partial charge in [0.1, 0.15) is 5.75 Å². The zero-order chi connectivity index (χ0) is 37.6. The number of benzene rings is 2. The summed E-state index contributed by atoms with van der Waals surface area (Å²) < 4.78 is 57.2. The number of hydrogen-bond acceptors (Lipinski definition) is 8. The number of anilines is 1. The SMILES string of the molecule is CC1CCC=C2C1CCN2c1cccc(S(=O)(=O)c2cccc(OCCCCCCCCCC(F)F)c2)c1.O=C(O)CC(O)(CC(=O)O)C(=O)O. The molecule has 14 heteroatoms. The van der Waals surface area contributed by atoms with Gasteiger partial charge in [0.25, 0.3) is 0 Å². The van der Waals surface area contributed by atoms with Crippen LogP contribution < -0.4 is 9.64 Å². The normalized spacial score (nSPS) is 17.3. The van der Waals surface area contributed by atoms with Gasteiger partial charge in [-0.1, -0.05) is 57.2 Å². The topological polar surface area (TPSA) is 179 Å². The molecular weight excluding hydrogens is 688 g/mol. The predicted octanol–water partition coefficient (Wildman–Crippen LogP) is 7.18. The number of hydrogen-bond donors (Lipinski definition) is 4. The second kappa shape index (κ2) is 19.5. The first kappa shape index (κ1) is 41.4. The Hall–Kier alpha value is -4.04. The van der Waals surface area contributed by atoms with Crippen molar-refractivity contribution in [3.63, 3.8) is 0 Å². The number of allylic oxidation sites excluding steroid dienone is 2. The van der Waals surface area contributed by atoms with Crippen molar-refractivity contribution in [3.8, 4) is 5.75 Å². The van der Waals surface area contributed by atoms with Crippen LogP contribution in [0.15, 0.2) is 70.1 Å². The van der Waals surface area contributed by atoms with Crippen LogP contribution in [-0.2, 0) is 24.2 Å². The summed E-state index contributed by atoms with van der Waals surface area (Å²) in [6, 6.07) is 14.1. The summed E-state index contributed by atoms with van der Waals surface area (Å²) in [5, 5.41) is 33.8. The van der Waals surface area contributed by atoms with Crippen molar-refractivity contribution in [1.29, 1.82) is 0 Å². The van der Waals surface area contributed by atoms with Crippen LogP contribution in [0.1, 0.15) is 90.4 Å². The molecule has 2 aromatic carbocycles. The van der Waals surface area contributed by atoms with E-state index in [1.54, 1.807) is 36.4 Å². The van der Waals surface area contributed by atoms with Gasteiger partial charge in [-0.15, -0.1) is 0 Å². The van der Waals surface area contributed by atoms with Gasteiger partial charge >= 0.3 is 17.9 Å². The Balaban J connectivity index is 0.000000460. The lowest BCUT2D eigenvalue weighted by Crippen LogP contribution is -2.42. The maximum absolute atomic E-state index is 13.5. The first-order chi connectivity index (χ1) is 24.1. The minimum absolute atomic E-state index is 0.00450. The molecule has 282 valence electrons. The van der Waals surface area contributed by atoms with Crippen LogP contribution in [0.4, 0.5) is 14.5 Å². The number of unbranched alkanes of at least 4 members (excludes halogenated alkanes) is 6. The molecular formula is C37H49F2NO10S. The number of aliphatic carboxylic acids is 3. The predicted molar refractivity (Wildman–Crippen MR) is 186 cm³/mol. The van der Waals surface area contributed by atoms with Gasteiger partial charge in [-0.05, 0) is 74.4 Å². The van der Waals surface area contributed by atoms with Gasteiger partial charge in [-0.3, -0.25) is 9.59 Å². The van der Waals surface area contributed by atoms with E-state index in [1.165, 1.54) is 12.1 Å². The number of ether oxygens (including phenoxy) is 1. The minimum atomic E-state index is -3.68.